The Bertz CT molecular complexity index is 354. The summed E-state index contributed by atoms with van der Waals surface area (Å²) in [6, 6.07) is 0. The first-order chi connectivity index (χ1) is 7.81. The van der Waals surface area contributed by atoms with Crippen LogP contribution in [-0.2, 0) is 6.54 Å². The lowest BCUT2D eigenvalue weighted by atomic mass is 10.1. The van der Waals surface area contributed by atoms with Gasteiger partial charge in [0.1, 0.15) is 0 Å². The smallest absolute Gasteiger partial charge is 0.0959 e. The molecule has 2 heterocycles. The zero-order valence-corrected chi connectivity index (χ0v) is 10.2. The van der Waals surface area contributed by atoms with Gasteiger partial charge in [-0.15, -0.1) is 11.3 Å². The van der Waals surface area contributed by atoms with Crippen molar-refractivity contribution in [3.05, 3.63) is 16.1 Å². The predicted octanol–water partition coefficient (Wildman–Crippen LogP) is 1.98. The molecule has 0 bridgehead atoms. The average molecular weight is 238 g/mol. The van der Waals surface area contributed by atoms with E-state index in [4.69, 9.17) is 0 Å². The van der Waals surface area contributed by atoms with E-state index < -0.39 is 0 Å². The highest BCUT2D eigenvalue weighted by Crippen LogP contribution is 2.41. The minimum Gasteiger partial charge on any atom is -0.393 e. The van der Waals surface area contributed by atoms with Gasteiger partial charge in [-0.3, -0.25) is 4.90 Å². The van der Waals surface area contributed by atoms with Crippen LogP contribution in [0.4, 0.5) is 0 Å². The zero-order valence-electron chi connectivity index (χ0n) is 9.43. The molecule has 16 heavy (non-hydrogen) atoms. The summed E-state index contributed by atoms with van der Waals surface area (Å²) in [5, 5.41) is 10.8. The number of thiazole rings is 1. The van der Waals surface area contributed by atoms with Crippen molar-refractivity contribution in [1.29, 1.82) is 0 Å². The van der Waals surface area contributed by atoms with Crippen molar-refractivity contribution in [3.8, 4) is 0 Å². The van der Waals surface area contributed by atoms with Crippen LogP contribution >= 0.6 is 11.3 Å². The summed E-state index contributed by atoms with van der Waals surface area (Å²) in [4.78, 5) is 8.32. The van der Waals surface area contributed by atoms with Crippen molar-refractivity contribution in [2.75, 3.05) is 13.1 Å². The maximum absolute atomic E-state index is 9.44. The van der Waals surface area contributed by atoms with E-state index in [2.05, 4.69) is 9.88 Å². The molecule has 1 aromatic rings. The average Bonchev–Trinajstić information content (AvgIpc) is 3.04. The molecule has 88 valence electrons. The molecule has 0 aromatic carbocycles. The Kier molecular flexibility index (Phi) is 2.96. The van der Waals surface area contributed by atoms with Crippen molar-refractivity contribution in [2.45, 2.75) is 44.2 Å². The molecule has 3 rings (SSSR count). The fraction of sp³-hybridized carbons (Fsp3) is 0.750. The van der Waals surface area contributed by atoms with Gasteiger partial charge in [-0.1, -0.05) is 0 Å². The molecule has 0 unspecified atom stereocenters. The molecular formula is C12H18N2OS. The summed E-state index contributed by atoms with van der Waals surface area (Å²) in [7, 11) is 0. The second kappa shape index (κ2) is 4.43. The van der Waals surface area contributed by atoms with Gasteiger partial charge < -0.3 is 5.11 Å². The number of nitrogens with zero attached hydrogens (tertiary/aromatic N) is 2. The Morgan fingerprint density at radius 1 is 1.31 bits per heavy atom. The van der Waals surface area contributed by atoms with E-state index in [1.54, 1.807) is 0 Å². The minimum absolute atomic E-state index is 0.0697. The Hall–Kier alpha value is -0.450. The monoisotopic (exact) mass is 238 g/mol. The first-order valence-electron chi connectivity index (χ1n) is 6.16. The Labute approximate surface area is 100 Å². The fourth-order valence-corrected chi connectivity index (χ4v) is 3.34. The van der Waals surface area contributed by atoms with Crippen molar-refractivity contribution in [2.24, 2.45) is 0 Å². The topological polar surface area (TPSA) is 36.4 Å². The molecule has 1 aliphatic heterocycles. The van der Waals surface area contributed by atoms with Gasteiger partial charge in [-0.25, -0.2) is 4.98 Å². The van der Waals surface area contributed by atoms with Gasteiger partial charge in [0.25, 0.3) is 0 Å². The van der Waals surface area contributed by atoms with Gasteiger partial charge in [0, 0.05) is 36.6 Å². The van der Waals surface area contributed by atoms with E-state index in [0.717, 1.165) is 38.4 Å². The molecular weight excluding hydrogens is 220 g/mol. The summed E-state index contributed by atoms with van der Waals surface area (Å²) in [5.41, 5.74) is 0. The molecule has 4 heteroatoms. The number of hydrogen-bond acceptors (Lipinski definition) is 4. The lowest BCUT2D eigenvalue weighted by Gasteiger charge is -2.28. The highest BCUT2D eigenvalue weighted by molar-refractivity contribution is 7.11. The second-order valence-electron chi connectivity index (χ2n) is 4.95. The molecule has 1 saturated carbocycles. The van der Waals surface area contributed by atoms with Crippen molar-refractivity contribution < 1.29 is 5.11 Å². The molecule has 1 saturated heterocycles. The maximum Gasteiger partial charge on any atom is 0.0959 e. The molecule has 3 nitrogen and oxygen atoms in total. The first kappa shape index (κ1) is 10.7. The van der Waals surface area contributed by atoms with Gasteiger partial charge in [0.15, 0.2) is 0 Å². The van der Waals surface area contributed by atoms with Crippen molar-refractivity contribution in [3.63, 3.8) is 0 Å². The Balaban J connectivity index is 1.56. The van der Waals surface area contributed by atoms with Crippen LogP contribution in [0.5, 0.6) is 0 Å². The summed E-state index contributed by atoms with van der Waals surface area (Å²) in [6.07, 6.45) is 6.50. The van der Waals surface area contributed by atoms with E-state index in [9.17, 15) is 5.11 Å². The molecule has 1 aromatic heterocycles. The Morgan fingerprint density at radius 2 is 2.06 bits per heavy atom. The Morgan fingerprint density at radius 3 is 2.75 bits per heavy atom. The number of piperidine rings is 1. The van der Waals surface area contributed by atoms with Crippen LogP contribution in [0, 0.1) is 0 Å². The molecule has 1 N–H and O–H groups in total. The second-order valence-corrected chi connectivity index (χ2v) is 6.09. The van der Waals surface area contributed by atoms with E-state index in [1.807, 2.05) is 17.5 Å². The fourth-order valence-electron chi connectivity index (χ4n) is 2.21. The van der Waals surface area contributed by atoms with Crippen molar-refractivity contribution >= 4 is 11.3 Å². The van der Waals surface area contributed by atoms with Crippen LogP contribution in [0.3, 0.4) is 0 Å². The van der Waals surface area contributed by atoms with Gasteiger partial charge in [0.2, 0.25) is 0 Å². The third kappa shape index (κ3) is 2.44. The minimum atomic E-state index is -0.0697. The molecule has 0 spiro atoms. The van der Waals surface area contributed by atoms with E-state index in [0.29, 0.717) is 0 Å². The number of hydrogen-bond donors (Lipinski definition) is 1. The number of rotatable bonds is 3. The van der Waals surface area contributed by atoms with Crippen LogP contribution in [0.15, 0.2) is 6.20 Å². The molecule has 2 fully saturated rings. The lowest BCUT2D eigenvalue weighted by Crippen LogP contribution is -2.35. The number of aliphatic hydroxyl groups is 1. The third-order valence-corrected chi connectivity index (χ3v) is 4.58. The summed E-state index contributed by atoms with van der Waals surface area (Å²) in [6.45, 7) is 3.08. The highest BCUT2D eigenvalue weighted by Gasteiger charge is 2.27. The van der Waals surface area contributed by atoms with Crippen LogP contribution in [0.2, 0.25) is 0 Å². The highest BCUT2D eigenvalue weighted by atomic mass is 32.1. The van der Waals surface area contributed by atoms with Gasteiger partial charge in [-0.05, 0) is 25.7 Å². The van der Waals surface area contributed by atoms with E-state index >= 15 is 0 Å². The number of aromatic nitrogens is 1. The van der Waals surface area contributed by atoms with Crippen molar-refractivity contribution in [1.82, 2.24) is 9.88 Å². The maximum atomic E-state index is 9.44. The van der Waals surface area contributed by atoms with E-state index in [1.165, 1.54) is 22.7 Å². The summed E-state index contributed by atoms with van der Waals surface area (Å²) in [5.74, 6) is 0.780. The molecule has 2 aliphatic rings. The normalized spacial score (nSPS) is 23.8. The number of likely N-dealkylation sites (tertiary alicyclic amines) is 1. The van der Waals surface area contributed by atoms with Crippen LogP contribution in [0.1, 0.15) is 41.5 Å². The zero-order chi connectivity index (χ0) is 11.0. The molecule has 1 aliphatic carbocycles. The standard InChI is InChI=1S/C12H18N2OS/c15-10-3-5-14(6-4-10)8-11-7-13-12(16-11)9-1-2-9/h7,9-10,15H,1-6,8H2. The summed E-state index contributed by atoms with van der Waals surface area (Å²) >= 11 is 1.88. The summed E-state index contributed by atoms with van der Waals surface area (Å²) < 4.78 is 0. The van der Waals surface area contributed by atoms with Crippen LogP contribution < -0.4 is 0 Å². The van der Waals surface area contributed by atoms with Gasteiger partial charge >= 0.3 is 0 Å². The third-order valence-electron chi connectivity index (χ3n) is 3.43. The largest absolute Gasteiger partial charge is 0.393 e. The molecule has 0 amide bonds. The quantitative estimate of drug-likeness (QED) is 0.874. The first-order valence-corrected chi connectivity index (χ1v) is 6.98. The number of aliphatic hydroxyl groups excluding tert-OH is 1. The van der Waals surface area contributed by atoms with Gasteiger partial charge in [0.05, 0.1) is 11.1 Å². The van der Waals surface area contributed by atoms with Crippen LogP contribution in [0.25, 0.3) is 0 Å². The van der Waals surface area contributed by atoms with Gasteiger partial charge in [-0.2, -0.15) is 0 Å². The lowest BCUT2D eigenvalue weighted by molar-refractivity contribution is 0.0797. The SMILES string of the molecule is OC1CCN(Cc2cnc(C3CC3)s2)CC1. The molecule has 0 radical (unpaired) electrons. The predicted molar refractivity (Wildman–Crippen MR) is 64.6 cm³/mol. The molecule has 0 atom stereocenters. The van der Waals surface area contributed by atoms with E-state index in [-0.39, 0.29) is 6.10 Å². The van der Waals surface area contributed by atoms with Crippen LogP contribution in [-0.4, -0.2) is 34.2 Å².